The standard InChI is InChI=1S/C47H29N5/c1-4-16-30(17-5-1)42-35-24-11-14-26-39(35)50-46(51-42)52-40-27-15-12-23-34(40)37-29-48-43-41-36(28-49-44(43)45(37)52)33-22-10-13-25-38(33)47(41,31-18-6-2-7-19-31)32-20-8-3-9-21-32/h1-29H. The first-order chi connectivity index (χ1) is 25.8. The summed E-state index contributed by atoms with van der Waals surface area (Å²) in [6, 6.07) is 57.5. The van der Waals surface area contributed by atoms with E-state index in [1.165, 1.54) is 22.3 Å². The monoisotopic (exact) mass is 663 g/mol. The van der Waals surface area contributed by atoms with Crippen molar-refractivity contribution in [3.05, 3.63) is 198 Å². The Balaban J connectivity index is 1.31. The Morgan fingerprint density at radius 3 is 1.85 bits per heavy atom. The molecule has 4 aromatic heterocycles. The lowest BCUT2D eigenvalue weighted by atomic mass is 9.67. The van der Waals surface area contributed by atoms with E-state index >= 15 is 0 Å². The van der Waals surface area contributed by atoms with Gasteiger partial charge in [-0.05, 0) is 34.4 Å². The highest BCUT2D eigenvalue weighted by atomic mass is 15.2. The molecular weight excluding hydrogens is 635 g/mol. The third-order valence-electron chi connectivity index (χ3n) is 10.8. The molecular formula is C47H29N5. The summed E-state index contributed by atoms with van der Waals surface area (Å²) in [5.41, 5.74) is 12.8. The molecule has 0 radical (unpaired) electrons. The molecule has 0 bridgehead atoms. The first-order valence-corrected chi connectivity index (χ1v) is 17.6. The van der Waals surface area contributed by atoms with Gasteiger partial charge in [0.1, 0.15) is 5.52 Å². The Bertz CT molecular complexity index is 2970. The predicted octanol–water partition coefficient (Wildman–Crippen LogP) is 10.7. The number of fused-ring (bicyclic) bond motifs is 10. The molecule has 0 atom stereocenters. The summed E-state index contributed by atoms with van der Waals surface area (Å²) in [7, 11) is 0. The van der Waals surface area contributed by atoms with Crippen molar-refractivity contribution in [3.8, 4) is 28.3 Å². The molecule has 1 aliphatic rings. The highest BCUT2D eigenvalue weighted by Crippen LogP contribution is 2.57. The van der Waals surface area contributed by atoms with Crippen LogP contribution in [0.1, 0.15) is 22.3 Å². The summed E-state index contributed by atoms with van der Waals surface area (Å²) in [4.78, 5) is 21.3. The molecule has 0 N–H and O–H groups in total. The molecule has 0 aliphatic heterocycles. The second kappa shape index (κ2) is 11.0. The van der Waals surface area contributed by atoms with Crippen molar-refractivity contribution in [2.24, 2.45) is 0 Å². The largest absolute Gasteiger partial charge is 0.276 e. The van der Waals surface area contributed by atoms with Gasteiger partial charge < -0.3 is 0 Å². The van der Waals surface area contributed by atoms with E-state index in [0.29, 0.717) is 5.95 Å². The maximum absolute atomic E-state index is 5.37. The lowest BCUT2D eigenvalue weighted by Crippen LogP contribution is -2.29. The van der Waals surface area contributed by atoms with Crippen LogP contribution in [0.4, 0.5) is 0 Å². The summed E-state index contributed by atoms with van der Waals surface area (Å²) in [5, 5.41) is 3.09. The van der Waals surface area contributed by atoms with Gasteiger partial charge in [0.05, 0.1) is 33.2 Å². The molecule has 0 fully saturated rings. The fourth-order valence-electron chi connectivity index (χ4n) is 8.65. The van der Waals surface area contributed by atoms with Crippen molar-refractivity contribution in [3.63, 3.8) is 0 Å². The van der Waals surface area contributed by atoms with Crippen molar-refractivity contribution in [1.29, 1.82) is 0 Å². The van der Waals surface area contributed by atoms with Gasteiger partial charge in [-0.1, -0.05) is 152 Å². The van der Waals surface area contributed by atoms with Gasteiger partial charge in [0.15, 0.2) is 0 Å². The Morgan fingerprint density at radius 1 is 0.462 bits per heavy atom. The van der Waals surface area contributed by atoms with Gasteiger partial charge in [0, 0.05) is 45.2 Å². The summed E-state index contributed by atoms with van der Waals surface area (Å²) in [6.45, 7) is 0. The Kier molecular flexibility index (Phi) is 6.10. The molecule has 242 valence electrons. The quantitative estimate of drug-likeness (QED) is 0.188. The lowest BCUT2D eigenvalue weighted by Gasteiger charge is -2.34. The molecule has 1 aliphatic carbocycles. The summed E-state index contributed by atoms with van der Waals surface area (Å²) >= 11 is 0. The predicted molar refractivity (Wildman–Crippen MR) is 210 cm³/mol. The summed E-state index contributed by atoms with van der Waals surface area (Å²) in [5.74, 6) is 0.596. The average molecular weight is 664 g/mol. The zero-order valence-electron chi connectivity index (χ0n) is 28.0. The van der Waals surface area contributed by atoms with Crippen LogP contribution in [0.25, 0.3) is 72.1 Å². The fraction of sp³-hybridized carbons (Fsp3) is 0.0213. The van der Waals surface area contributed by atoms with Gasteiger partial charge in [-0.15, -0.1) is 0 Å². The van der Waals surface area contributed by atoms with Crippen LogP contribution < -0.4 is 0 Å². The minimum absolute atomic E-state index is 0.596. The molecule has 5 nitrogen and oxygen atoms in total. The molecule has 52 heavy (non-hydrogen) atoms. The molecule has 11 rings (SSSR count). The minimum Gasteiger partial charge on any atom is -0.276 e. The van der Waals surface area contributed by atoms with Gasteiger partial charge in [0.2, 0.25) is 5.95 Å². The second-order valence-electron chi connectivity index (χ2n) is 13.4. The van der Waals surface area contributed by atoms with E-state index in [1.54, 1.807) is 0 Å². The molecule has 0 spiro atoms. The Hall–Kier alpha value is -6.98. The van der Waals surface area contributed by atoms with Crippen LogP contribution in [0.2, 0.25) is 0 Å². The number of nitrogens with zero attached hydrogens (tertiary/aromatic N) is 5. The molecule has 0 saturated heterocycles. The average Bonchev–Trinajstić information content (AvgIpc) is 3.73. The van der Waals surface area contributed by atoms with Crippen molar-refractivity contribution >= 4 is 43.7 Å². The Labute approximate surface area is 299 Å². The van der Waals surface area contributed by atoms with Gasteiger partial charge in [-0.2, -0.15) is 0 Å². The summed E-state index contributed by atoms with van der Waals surface area (Å²) in [6.07, 6.45) is 4.09. The van der Waals surface area contributed by atoms with Crippen LogP contribution in [0, 0.1) is 0 Å². The first-order valence-electron chi connectivity index (χ1n) is 17.6. The lowest BCUT2D eigenvalue weighted by molar-refractivity contribution is 0.772. The molecule has 10 aromatic rings. The molecule has 6 aromatic carbocycles. The van der Waals surface area contributed by atoms with E-state index < -0.39 is 5.41 Å². The van der Waals surface area contributed by atoms with Crippen molar-refractivity contribution in [2.75, 3.05) is 0 Å². The fourth-order valence-corrected chi connectivity index (χ4v) is 8.65. The van der Waals surface area contributed by atoms with E-state index in [-0.39, 0.29) is 0 Å². The van der Waals surface area contributed by atoms with Crippen molar-refractivity contribution in [2.45, 2.75) is 5.41 Å². The highest BCUT2D eigenvalue weighted by Gasteiger charge is 2.48. The normalized spacial score (nSPS) is 13.2. The van der Waals surface area contributed by atoms with Crippen LogP contribution >= 0.6 is 0 Å². The van der Waals surface area contributed by atoms with E-state index in [9.17, 15) is 0 Å². The van der Waals surface area contributed by atoms with Crippen LogP contribution in [0.15, 0.2) is 176 Å². The van der Waals surface area contributed by atoms with E-state index in [0.717, 1.165) is 66.1 Å². The molecule has 0 amide bonds. The number of para-hydroxylation sites is 2. The van der Waals surface area contributed by atoms with Gasteiger partial charge in [-0.25, -0.2) is 9.97 Å². The highest BCUT2D eigenvalue weighted by molar-refractivity contribution is 6.17. The van der Waals surface area contributed by atoms with E-state index in [2.05, 4.69) is 156 Å². The van der Waals surface area contributed by atoms with Gasteiger partial charge in [-0.3, -0.25) is 14.5 Å². The number of hydrogen-bond donors (Lipinski definition) is 0. The van der Waals surface area contributed by atoms with Crippen molar-refractivity contribution in [1.82, 2.24) is 24.5 Å². The zero-order valence-corrected chi connectivity index (χ0v) is 28.0. The SMILES string of the molecule is c1ccc(-c2nc(-n3c4ccccc4c4cnc5c6c(cnc5c43)-c3ccccc3C6(c3ccccc3)c3ccccc3)nc3ccccc23)cc1. The first kappa shape index (κ1) is 28.8. The Morgan fingerprint density at radius 2 is 1.08 bits per heavy atom. The van der Waals surface area contributed by atoms with Crippen molar-refractivity contribution < 1.29 is 0 Å². The van der Waals surface area contributed by atoms with Crippen LogP contribution in [0.3, 0.4) is 0 Å². The number of rotatable bonds is 4. The van der Waals surface area contributed by atoms with Crippen LogP contribution in [-0.2, 0) is 5.41 Å². The zero-order chi connectivity index (χ0) is 34.2. The van der Waals surface area contributed by atoms with Gasteiger partial charge in [0.25, 0.3) is 0 Å². The molecule has 0 saturated carbocycles. The topological polar surface area (TPSA) is 56.5 Å². The van der Waals surface area contributed by atoms with Crippen LogP contribution in [0.5, 0.6) is 0 Å². The molecule has 4 heterocycles. The number of benzene rings is 6. The maximum atomic E-state index is 5.37. The smallest absolute Gasteiger partial charge is 0.235 e. The van der Waals surface area contributed by atoms with Gasteiger partial charge >= 0.3 is 0 Å². The second-order valence-corrected chi connectivity index (χ2v) is 13.4. The minimum atomic E-state index is -0.618. The number of aromatic nitrogens is 5. The maximum Gasteiger partial charge on any atom is 0.235 e. The molecule has 5 heteroatoms. The molecule has 0 unspecified atom stereocenters. The number of hydrogen-bond acceptors (Lipinski definition) is 4. The summed E-state index contributed by atoms with van der Waals surface area (Å²) < 4.78 is 2.20. The third-order valence-corrected chi connectivity index (χ3v) is 10.8. The number of pyridine rings is 2. The van der Waals surface area contributed by atoms with Crippen LogP contribution in [-0.4, -0.2) is 24.5 Å². The van der Waals surface area contributed by atoms with E-state index in [1.807, 2.05) is 24.4 Å². The third kappa shape index (κ3) is 3.87. The van der Waals surface area contributed by atoms with E-state index in [4.69, 9.17) is 19.9 Å².